The Kier molecular flexibility index (Phi) is 3.71. The first-order chi connectivity index (χ1) is 7.34. The van der Waals surface area contributed by atoms with Gasteiger partial charge >= 0.3 is 4.87 Å². The van der Waals surface area contributed by atoms with Crippen LogP contribution in [0.2, 0.25) is 0 Å². The molecule has 0 aromatic carbocycles. The number of aromatic amines is 1. The van der Waals surface area contributed by atoms with Crippen LogP contribution in [0.3, 0.4) is 0 Å². The molecule has 2 aromatic heterocycles. The first kappa shape index (κ1) is 10.6. The van der Waals surface area contributed by atoms with Crippen LogP contribution in [0.5, 0.6) is 0 Å². The van der Waals surface area contributed by atoms with Crippen molar-refractivity contribution >= 4 is 22.7 Å². The lowest BCUT2D eigenvalue weighted by molar-refractivity contribution is 0.677. The van der Waals surface area contributed by atoms with E-state index in [-0.39, 0.29) is 4.87 Å². The third kappa shape index (κ3) is 3.30. The number of nitrogens with one attached hydrogen (secondary N) is 2. The Morgan fingerprint density at radius 2 is 2.33 bits per heavy atom. The summed E-state index contributed by atoms with van der Waals surface area (Å²) in [5.41, 5.74) is 2.33. The highest BCUT2D eigenvalue weighted by Crippen LogP contribution is 2.05. The van der Waals surface area contributed by atoms with E-state index in [0.29, 0.717) is 0 Å². The summed E-state index contributed by atoms with van der Waals surface area (Å²) in [6, 6.07) is 2.14. The topological polar surface area (TPSA) is 44.9 Å². The van der Waals surface area contributed by atoms with Gasteiger partial charge < -0.3 is 10.3 Å². The first-order valence-electron chi connectivity index (χ1n) is 4.73. The minimum atomic E-state index is 0.0182. The zero-order valence-electron chi connectivity index (χ0n) is 8.16. The smallest absolute Gasteiger partial charge is 0.304 e. The van der Waals surface area contributed by atoms with Crippen molar-refractivity contribution in [1.29, 1.82) is 0 Å². The van der Waals surface area contributed by atoms with Crippen LogP contribution in [0, 0.1) is 0 Å². The number of rotatable bonds is 5. The van der Waals surface area contributed by atoms with Crippen LogP contribution in [-0.2, 0) is 13.0 Å². The molecule has 2 rings (SSSR count). The van der Waals surface area contributed by atoms with Gasteiger partial charge in [-0.1, -0.05) is 11.3 Å². The van der Waals surface area contributed by atoms with E-state index < -0.39 is 0 Å². The van der Waals surface area contributed by atoms with Crippen LogP contribution in [0.25, 0.3) is 0 Å². The summed E-state index contributed by atoms with van der Waals surface area (Å²) in [5, 5.41) is 9.41. The summed E-state index contributed by atoms with van der Waals surface area (Å²) in [5.74, 6) is 0. The Morgan fingerprint density at radius 3 is 3.00 bits per heavy atom. The van der Waals surface area contributed by atoms with Gasteiger partial charge in [-0.2, -0.15) is 11.3 Å². The van der Waals surface area contributed by atoms with Crippen LogP contribution in [0.4, 0.5) is 0 Å². The molecule has 0 aliphatic rings. The molecule has 0 saturated carbocycles. The largest absolute Gasteiger partial charge is 0.315 e. The molecule has 5 heteroatoms. The summed E-state index contributed by atoms with van der Waals surface area (Å²) in [4.78, 5) is 13.6. The SMILES string of the molecule is O=c1[nH]c(CNCCc2ccsc2)cs1. The second-order valence-electron chi connectivity index (χ2n) is 3.23. The minimum Gasteiger partial charge on any atom is -0.315 e. The number of thiophene rings is 1. The van der Waals surface area contributed by atoms with Crippen molar-refractivity contribution in [2.75, 3.05) is 6.54 Å². The lowest BCUT2D eigenvalue weighted by atomic mass is 10.2. The highest BCUT2D eigenvalue weighted by Gasteiger charge is 1.96. The summed E-state index contributed by atoms with van der Waals surface area (Å²) >= 11 is 2.93. The molecule has 80 valence electrons. The first-order valence-corrected chi connectivity index (χ1v) is 6.55. The maximum absolute atomic E-state index is 10.8. The Balaban J connectivity index is 1.69. The fourth-order valence-electron chi connectivity index (χ4n) is 1.29. The van der Waals surface area contributed by atoms with Crippen molar-refractivity contribution in [2.45, 2.75) is 13.0 Å². The lowest BCUT2D eigenvalue weighted by Gasteiger charge is -2.00. The predicted molar refractivity (Wildman–Crippen MR) is 64.7 cm³/mol. The molecule has 0 radical (unpaired) electrons. The van der Waals surface area contributed by atoms with Gasteiger partial charge in [0.15, 0.2) is 0 Å². The van der Waals surface area contributed by atoms with Crippen LogP contribution in [-0.4, -0.2) is 11.5 Å². The third-order valence-electron chi connectivity index (χ3n) is 2.06. The molecule has 0 bridgehead atoms. The van der Waals surface area contributed by atoms with Gasteiger partial charge in [0.25, 0.3) is 0 Å². The summed E-state index contributed by atoms with van der Waals surface area (Å²) in [7, 11) is 0. The minimum absolute atomic E-state index is 0.0182. The molecule has 3 nitrogen and oxygen atoms in total. The molecular formula is C10H12N2OS2. The van der Waals surface area contributed by atoms with Gasteiger partial charge in [-0.05, 0) is 35.4 Å². The molecule has 0 spiro atoms. The standard InChI is InChI=1S/C10H12N2OS2/c13-10-12-9(7-15-10)5-11-3-1-8-2-4-14-6-8/h2,4,6-7,11H,1,3,5H2,(H,12,13). The molecule has 0 saturated heterocycles. The number of thiazole rings is 1. The van der Waals surface area contributed by atoms with Crippen molar-refractivity contribution in [3.05, 3.63) is 43.1 Å². The summed E-state index contributed by atoms with van der Waals surface area (Å²) in [6.07, 6.45) is 1.04. The van der Waals surface area contributed by atoms with Crippen LogP contribution in [0.15, 0.2) is 27.0 Å². The average molecular weight is 240 g/mol. The molecule has 0 amide bonds. The van der Waals surface area contributed by atoms with Crippen molar-refractivity contribution < 1.29 is 0 Å². The van der Waals surface area contributed by atoms with Crippen molar-refractivity contribution in [3.8, 4) is 0 Å². The molecule has 2 aromatic rings. The van der Waals surface area contributed by atoms with Crippen molar-refractivity contribution in [1.82, 2.24) is 10.3 Å². The lowest BCUT2D eigenvalue weighted by Crippen LogP contribution is -2.17. The molecule has 0 aliphatic heterocycles. The average Bonchev–Trinajstić information content (AvgIpc) is 2.84. The number of H-pyrrole nitrogens is 1. The van der Waals surface area contributed by atoms with Gasteiger partial charge in [0.1, 0.15) is 0 Å². The van der Waals surface area contributed by atoms with Crippen LogP contribution in [0.1, 0.15) is 11.3 Å². The Morgan fingerprint density at radius 1 is 1.40 bits per heavy atom. The van der Waals surface area contributed by atoms with Gasteiger partial charge in [-0.15, -0.1) is 0 Å². The molecule has 0 fully saturated rings. The Bertz CT molecular complexity index is 444. The highest BCUT2D eigenvalue weighted by atomic mass is 32.1. The normalized spacial score (nSPS) is 10.7. The monoisotopic (exact) mass is 240 g/mol. The van der Waals surface area contributed by atoms with Gasteiger partial charge in [-0.25, -0.2) is 0 Å². The van der Waals surface area contributed by atoms with Crippen molar-refractivity contribution in [2.24, 2.45) is 0 Å². The van der Waals surface area contributed by atoms with Gasteiger partial charge in [0.05, 0.1) is 0 Å². The zero-order valence-corrected chi connectivity index (χ0v) is 9.79. The van der Waals surface area contributed by atoms with Crippen LogP contribution >= 0.6 is 22.7 Å². The van der Waals surface area contributed by atoms with E-state index in [1.54, 1.807) is 11.3 Å². The van der Waals surface area contributed by atoms with E-state index in [1.165, 1.54) is 16.9 Å². The van der Waals surface area contributed by atoms with E-state index >= 15 is 0 Å². The third-order valence-corrected chi connectivity index (χ3v) is 3.51. The van der Waals surface area contributed by atoms with Crippen molar-refractivity contribution in [3.63, 3.8) is 0 Å². The quantitative estimate of drug-likeness (QED) is 0.783. The summed E-state index contributed by atoms with van der Waals surface area (Å²) in [6.45, 7) is 1.68. The Labute approximate surface area is 95.8 Å². The van der Waals surface area contributed by atoms with E-state index in [1.807, 2.05) is 5.38 Å². The molecule has 0 unspecified atom stereocenters. The van der Waals surface area contributed by atoms with Gasteiger partial charge in [0.2, 0.25) is 0 Å². The maximum Gasteiger partial charge on any atom is 0.304 e. The number of aromatic nitrogens is 1. The number of hydrogen-bond acceptors (Lipinski definition) is 4. The highest BCUT2D eigenvalue weighted by molar-refractivity contribution is 7.08. The molecular weight excluding hydrogens is 228 g/mol. The zero-order chi connectivity index (χ0) is 10.5. The second kappa shape index (κ2) is 5.25. The molecule has 0 aliphatic carbocycles. The fourth-order valence-corrected chi connectivity index (χ4v) is 2.58. The van der Waals surface area contributed by atoms with Gasteiger partial charge in [-0.3, -0.25) is 4.79 Å². The van der Waals surface area contributed by atoms with E-state index in [4.69, 9.17) is 0 Å². The molecule has 2 N–H and O–H groups in total. The fraction of sp³-hybridized carbons (Fsp3) is 0.300. The molecule has 15 heavy (non-hydrogen) atoms. The summed E-state index contributed by atoms with van der Waals surface area (Å²) < 4.78 is 0. The van der Waals surface area contributed by atoms with E-state index in [0.717, 1.165) is 25.2 Å². The van der Waals surface area contributed by atoms with E-state index in [9.17, 15) is 4.79 Å². The Hall–Kier alpha value is -0.910. The van der Waals surface area contributed by atoms with Gasteiger partial charge in [0, 0.05) is 17.6 Å². The van der Waals surface area contributed by atoms with Crippen LogP contribution < -0.4 is 10.2 Å². The predicted octanol–water partition coefficient (Wildman–Crippen LogP) is 1.83. The molecule has 0 atom stereocenters. The molecule has 2 heterocycles. The second-order valence-corrected chi connectivity index (χ2v) is 4.85. The van der Waals surface area contributed by atoms with E-state index in [2.05, 4.69) is 27.1 Å². The number of hydrogen-bond donors (Lipinski definition) is 2. The maximum atomic E-state index is 10.8.